The number of nitrogens with one attached hydrogen (secondary N) is 2. The van der Waals surface area contributed by atoms with Crippen molar-refractivity contribution in [3.63, 3.8) is 0 Å². The van der Waals surface area contributed by atoms with E-state index in [4.69, 9.17) is 50.4 Å². The van der Waals surface area contributed by atoms with Crippen molar-refractivity contribution in [2.45, 2.75) is 102 Å². The maximum Gasteiger partial charge on any atom is 0.405 e. The van der Waals surface area contributed by atoms with E-state index < -0.39 is 24.4 Å². The van der Waals surface area contributed by atoms with Crippen molar-refractivity contribution in [1.29, 1.82) is 0 Å². The van der Waals surface area contributed by atoms with E-state index in [1.54, 1.807) is 0 Å². The lowest BCUT2D eigenvalue weighted by Gasteiger charge is -2.34. The Morgan fingerprint density at radius 3 is 1.62 bits per heavy atom. The van der Waals surface area contributed by atoms with E-state index in [0.29, 0.717) is 75.6 Å². The SMILES string of the molecule is Cc1c(-c2ccc3nc([C@@H]4C[C@H]5CC5N4C(=O)[C@H](OC(N)=O)C4CCOCC4)[nH]c3c2)nc2ccc(-c3ccc4nc([C@@H]5C[C@H]6CC6N5C(=O)[C@H](OC(N)=O)C5CCOCC5)[nH]c4c3)nc2c1C. The van der Waals surface area contributed by atoms with Gasteiger partial charge in [-0.05, 0) is 125 Å². The second kappa shape index (κ2) is 16.5. The molecule has 12 rings (SSSR count). The molecule has 0 radical (unpaired) electrons. The number of hydrogen-bond donors (Lipinski definition) is 4. The van der Waals surface area contributed by atoms with Gasteiger partial charge < -0.3 is 50.2 Å². The first kappa shape index (κ1) is 42.7. The number of hydrogen-bond acceptors (Lipinski definition) is 12. The van der Waals surface area contributed by atoms with Crippen molar-refractivity contribution < 1.29 is 38.1 Å². The fourth-order valence-electron chi connectivity index (χ4n) is 11.8. The molecule has 0 spiro atoms. The molecule has 8 atom stereocenters. The Labute approximate surface area is 390 Å². The number of carbonyl (C=O) groups is 4. The zero-order valence-electron chi connectivity index (χ0n) is 38.0. The molecule has 4 aliphatic heterocycles. The predicted molar refractivity (Wildman–Crippen MR) is 247 cm³/mol. The fraction of sp³-hybridized carbons (Fsp3) is 0.480. The van der Waals surface area contributed by atoms with Crippen LogP contribution < -0.4 is 11.5 Å². The highest BCUT2D eigenvalue weighted by Crippen LogP contribution is 2.55. The average molecular weight is 923 g/mol. The Kier molecular flexibility index (Phi) is 10.4. The summed E-state index contributed by atoms with van der Waals surface area (Å²) in [5.74, 6) is 1.45. The second-order valence-corrected chi connectivity index (χ2v) is 19.7. The predicted octanol–water partition coefficient (Wildman–Crippen LogP) is 6.44. The number of nitrogens with two attached hydrogens (primary N) is 2. The average Bonchev–Trinajstić information content (AvgIpc) is 4.01. The van der Waals surface area contributed by atoms with Crippen LogP contribution in [0.4, 0.5) is 9.59 Å². The van der Waals surface area contributed by atoms with E-state index in [1.165, 1.54) is 0 Å². The van der Waals surface area contributed by atoms with Gasteiger partial charge in [-0.2, -0.15) is 0 Å². The zero-order chi connectivity index (χ0) is 46.5. The van der Waals surface area contributed by atoms with Gasteiger partial charge in [0.15, 0.2) is 12.2 Å². The Morgan fingerprint density at radius 1 is 0.618 bits per heavy atom. The van der Waals surface area contributed by atoms with Crippen LogP contribution in [0.25, 0.3) is 55.6 Å². The number of aromatic nitrogens is 6. The van der Waals surface area contributed by atoms with Crippen LogP contribution >= 0.6 is 0 Å². The van der Waals surface area contributed by atoms with Crippen LogP contribution in [0.5, 0.6) is 0 Å². The van der Waals surface area contributed by atoms with E-state index >= 15 is 0 Å². The number of likely N-dealkylation sites (tertiary alicyclic amines) is 2. The highest BCUT2D eigenvalue weighted by molar-refractivity contribution is 5.90. The highest BCUT2D eigenvalue weighted by atomic mass is 16.6. The first-order valence-electron chi connectivity index (χ1n) is 24.0. The topological polar surface area (TPSA) is 247 Å². The molecule has 352 valence electrons. The molecule has 2 saturated carbocycles. The normalized spacial score (nSPS) is 25.6. The minimum Gasteiger partial charge on any atom is -0.436 e. The lowest BCUT2D eigenvalue weighted by Crippen LogP contribution is -2.48. The minimum atomic E-state index is -0.952. The number of pyridine rings is 2. The van der Waals surface area contributed by atoms with E-state index in [-0.39, 0.29) is 47.8 Å². The Bertz CT molecular complexity index is 3030. The van der Waals surface area contributed by atoms with Crippen LogP contribution in [0.2, 0.25) is 0 Å². The lowest BCUT2D eigenvalue weighted by molar-refractivity contribution is -0.148. The number of fused-ring (bicyclic) bond motifs is 5. The molecule has 4 amide bonds. The van der Waals surface area contributed by atoms with Crippen LogP contribution in [0, 0.1) is 37.5 Å². The molecule has 8 heterocycles. The van der Waals surface area contributed by atoms with E-state index in [1.807, 2.05) is 52.3 Å². The van der Waals surface area contributed by atoms with Crippen molar-refractivity contribution in [3.8, 4) is 22.5 Å². The molecule has 68 heavy (non-hydrogen) atoms. The first-order chi connectivity index (χ1) is 33.0. The van der Waals surface area contributed by atoms with Gasteiger partial charge in [-0.3, -0.25) is 9.59 Å². The number of carbonyl (C=O) groups excluding carboxylic acids is 4. The molecule has 6 fully saturated rings. The van der Waals surface area contributed by atoms with Gasteiger partial charge >= 0.3 is 12.2 Å². The van der Waals surface area contributed by atoms with Crippen molar-refractivity contribution in [2.75, 3.05) is 26.4 Å². The minimum absolute atomic E-state index is 0.0871. The molecule has 0 bridgehead atoms. The summed E-state index contributed by atoms with van der Waals surface area (Å²) in [7, 11) is 0. The third-order valence-corrected chi connectivity index (χ3v) is 15.7. The van der Waals surface area contributed by atoms with Crippen LogP contribution in [0.3, 0.4) is 0 Å². The van der Waals surface area contributed by atoms with Gasteiger partial charge in [-0.25, -0.2) is 29.5 Å². The van der Waals surface area contributed by atoms with Crippen molar-refractivity contribution in [3.05, 3.63) is 71.3 Å². The summed E-state index contributed by atoms with van der Waals surface area (Å²) in [5.41, 5.74) is 21.3. The Morgan fingerprint density at radius 2 is 1.10 bits per heavy atom. The number of aromatic amines is 2. The van der Waals surface area contributed by atoms with Crippen LogP contribution in [0.15, 0.2) is 48.5 Å². The van der Waals surface area contributed by atoms with Gasteiger partial charge in [0.2, 0.25) is 0 Å². The number of H-pyrrole nitrogens is 2. The van der Waals surface area contributed by atoms with Gasteiger partial charge in [0.05, 0.1) is 56.6 Å². The summed E-state index contributed by atoms with van der Waals surface area (Å²) in [6.45, 7) is 6.18. The number of piperidine rings is 2. The quantitative estimate of drug-likeness (QED) is 0.116. The van der Waals surface area contributed by atoms with Gasteiger partial charge in [0.25, 0.3) is 11.8 Å². The van der Waals surface area contributed by atoms with Crippen LogP contribution in [-0.2, 0) is 28.5 Å². The summed E-state index contributed by atoms with van der Waals surface area (Å²) in [5, 5.41) is 0. The Hall–Kier alpha value is -6.66. The van der Waals surface area contributed by atoms with Crippen LogP contribution in [-0.4, -0.2) is 114 Å². The first-order valence-corrected chi connectivity index (χ1v) is 24.0. The molecule has 2 aromatic carbocycles. The number of imidazole rings is 2. The van der Waals surface area contributed by atoms with Gasteiger partial charge in [0.1, 0.15) is 11.6 Å². The summed E-state index contributed by atoms with van der Waals surface area (Å²) in [4.78, 5) is 83.5. The molecule has 2 aliphatic carbocycles. The number of nitrogens with zero attached hydrogens (tertiary/aromatic N) is 6. The largest absolute Gasteiger partial charge is 0.436 e. The number of ether oxygens (including phenoxy) is 4. The summed E-state index contributed by atoms with van der Waals surface area (Å²) in [6.07, 6.45) is 2.11. The Balaban J connectivity index is 0.794. The third-order valence-electron chi connectivity index (χ3n) is 15.7. The lowest BCUT2D eigenvalue weighted by atomic mass is 9.92. The molecule has 6 aromatic rings. The number of rotatable bonds is 10. The van der Waals surface area contributed by atoms with E-state index in [2.05, 4.69) is 29.9 Å². The zero-order valence-corrected chi connectivity index (χ0v) is 38.0. The molecule has 2 unspecified atom stereocenters. The standard InChI is InChI=1S/C50H54N10O8/c1-23-24(2)42-34(54-41(23)28-4-6-33-36(18-28)58-46(56-33)40-22-30-20-38(30)60(40)48(62)44(68-50(52)64)26-11-15-66-16-12-26)8-7-31(53-42)27-3-5-32-35(17-27)57-45(55-32)39-21-29-19-37(29)59(39)47(61)43(67-49(51)63)25-9-13-65-14-10-25/h3-8,17-18,25-26,29-30,37-40,43-44H,9-16,19-22H2,1-2H3,(H2,51,63)(H2,52,64)(H,55,57)(H,56,58)/t29-,30-,37?,38?,39+,40+,43-,44-/m1/s1. The monoisotopic (exact) mass is 922 g/mol. The molecule has 6 N–H and O–H groups in total. The molecular formula is C50H54N10O8. The summed E-state index contributed by atoms with van der Waals surface area (Å²) < 4.78 is 22.1. The molecular weight excluding hydrogens is 869 g/mol. The van der Waals surface area contributed by atoms with Gasteiger partial charge in [0, 0.05) is 61.5 Å². The van der Waals surface area contributed by atoms with Crippen molar-refractivity contribution in [1.82, 2.24) is 39.7 Å². The van der Waals surface area contributed by atoms with Crippen LogP contribution in [0.1, 0.15) is 86.2 Å². The molecule has 18 heteroatoms. The van der Waals surface area contributed by atoms with Gasteiger partial charge in [-0.1, -0.05) is 12.1 Å². The smallest absolute Gasteiger partial charge is 0.405 e. The molecule has 6 aliphatic rings. The number of amides is 4. The maximum absolute atomic E-state index is 14.2. The highest BCUT2D eigenvalue weighted by Gasteiger charge is 2.58. The summed E-state index contributed by atoms with van der Waals surface area (Å²) in [6, 6.07) is 15.7. The number of aryl methyl sites for hydroxylation is 1. The molecule has 4 saturated heterocycles. The van der Waals surface area contributed by atoms with E-state index in [9.17, 15) is 19.2 Å². The maximum atomic E-state index is 14.2. The second-order valence-electron chi connectivity index (χ2n) is 19.7. The third kappa shape index (κ3) is 7.48. The number of benzene rings is 2. The molecule has 18 nitrogen and oxygen atoms in total. The fourth-order valence-corrected chi connectivity index (χ4v) is 11.8. The van der Waals surface area contributed by atoms with E-state index in [0.717, 1.165) is 92.4 Å². The molecule has 4 aromatic heterocycles. The van der Waals surface area contributed by atoms with Gasteiger partial charge in [-0.15, -0.1) is 0 Å². The van der Waals surface area contributed by atoms with Crippen molar-refractivity contribution in [2.24, 2.45) is 35.1 Å². The van der Waals surface area contributed by atoms with Crippen molar-refractivity contribution >= 4 is 57.1 Å². The number of primary amides is 2. The summed E-state index contributed by atoms with van der Waals surface area (Å²) >= 11 is 0.